The molecule has 192 valence electrons. The maximum absolute atomic E-state index is 12.2. The van der Waals surface area contributed by atoms with Gasteiger partial charge in [-0.25, -0.2) is 9.78 Å². The Hall–Kier alpha value is -3.21. The summed E-state index contributed by atoms with van der Waals surface area (Å²) in [6.45, 7) is 10.6. The normalized spacial score (nSPS) is 15.7. The third kappa shape index (κ3) is 5.45. The zero-order valence-corrected chi connectivity index (χ0v) is 22.7. The number of nitrogens with one attached hydrogen (secondary N) is 1. The van der Waals surface area contributed by atoms with Crippen LogP contribution in [0.1, 0.15) is 57.8 Å². The molecule has 3 aromatic rings. The second kappa shape index (κ2) is 10.0. The molecule has 4 rings (SSSR count). The molecule has 1 fully saturated rings. The number of pyridine rings is 2. The number of anilines is 1. The first-order chi connectivity index (χ1) is 16.9. The smallest absolute Gasteiger partial charge is 0.407 e. The van der Waals surface area contributed by atoms with E-state index in [1.807, 2.05) is 68.6 Å². The summed E-state index contributed by atoms with van der Waals surface area (Å²) in [5.41, 5.74) is 2.52. The maximum Gasteiger partial charge on any atom is 0.407 e. The number of carbonyl (C=O) groups excluding carboxylic acids is 1. The van der Waals surface area contributed by atoms with E-state index in [4.69, 9.17) is 4.74 Å². The third-order valence-corrected chi connectivity index (χ3v) is 6.86. The Bertz CT molecular complexity index is 1280. The molecule has 36 heavy (non-hydrogen) atoms. The molecule has 1 amide bonds. The first kappa shape index (κ1) is 25.9. The predicted molar refractivity (Wildman–Crippen MR) is 141 cm³/mol. The number of carbonyl (C=O) groups is 1. The number of aromatic nitrogens is 3. The standard InChI is InChI=1S/C25H31BrN6O4/c1-15-6-7-19(27-12-15)16(2)31-14-18(26)21-22(20(32(34)35)13-28-23(21)31)30-10-8-17(9-11-30)29-24(33)36-25(3,4)5/h6-7,12-14,16-17H,8-11H2,1-5H3,(H,29,33)/t16-/m0/s1. The number of nitro groups is 1. The van der Waals surface area contributed by atoms with Crippen molar-refractivity contribution in [2.45, 2.75) is 65.1 Å². The van der Waals surface area contributed by atoms with Crippen LogP contribution in [0.5, 0.6) is 0 Å². The number of amides is 1. The van der Waals surface area contributed by atoms with Crippen molar-refractivity contribution in [2.24, 2.45) is 0 Å². The van der Waals surface area contributed by atoms with Gasteiger partial charge in [-0.2, -0.15) is 0 Å². The predicted octanol–water partition coefficient (Wildman–Crippen LogP) is 5.51. The summed E-state index contributed by atoms with van der Waals surface area (Å²) in [5.74, 6) is 0. The Kier molecular flexibility index (Phi) is 7.21. The fourth-order valence-corrected chi connectivity index (χ4v) is 5.07. The molecule has 0 radical (unpaired) electrons. The number of hydrogen-bond acceptors (Lipinski definition) is 7. The molecule has 1 N–H and O–H groups in total. The molecular weight excluding hydrogens is 528 g/mol. The first-order valence-corrected chi connectivity index (χ1v) is 12.7. The van der Waals surface area contributed by atoms with Crippen LogP contribution in [0.15, 0.2) is 35.2 Å². The van der Waals surface area contributed by atoms with Crippen molar-refractivity contribution >= 4 is 44.4 Å². The van der Waals surface area contributed by atoms with Gasteiger partial charge in [0.05, 0.1) is 22.0 Å². The number of rotatable bonds is 5. The van der Waals surface area contributed by atoms with E-state index >= 15 is 0 Å². The summed E-state index contributed by atoms with van der Waals surface area (Å²) < 4.78 is 8.09. The number of ether oxygens (including phenoxy) is 1. The van der Waals surface area contributed by atoms with E-state index in [0.29, 0.717) is 42.7 Å². The average molecular weight is 559 g/mol. The zero-order valence-electron chi connectivity index (χ0n) is 21.1. The van der Waals surface area contributed by atoms with Crippen LogP contribution >= 0.6 is 15.9 Å². The van der Waals surface area contributed by atoms with Crippen LogP contribution in [-0.2, 0) is 4.74 Å². The molecule has 1 atom stereocenters. The molecule has 10 nitrogen and oxygen atoms in total. The van der Waals surface area contributed by atoms with E-state index < -0.39 is 11.7 Å². The van der Waals surface area contributed by atoms with Gasteiger partial charge in [0, 0.05) is 36.0 Å². The molecule has 1 saturated heterocycles. The minimum absolute atomic E-state index is 0.0411. The van der Waals surface area contributed by atoms with E-state index in [0.717, 1.165) is 15.7 Å². The fourth-order valence-electron chi connectivity index (χ4n) is 4.48. The van der Waals surface area contributed by atoms with Crippen molar-refractivity contribution in [3.8, 4) is 0 Å². The molecular formula is C25H31BrN6O4. The van der Waals surface area contributed by atoms with Crippen LogP contribution in [0, 0.1) is 17.0 Å². The van der Waals surface area contributed by atoms with E-state index in [1.54, 1.807) is 0 Å². The lowest BCUT2D eigenvalue weighted by molar-refractivity contribution is -0.384. The lowest BCUT2D eigenvalue weighted by Gasteiger charge is -2.34. The fraction of sp³-hybridized carbons (Fsp3) is 0.480. The molecule has 3 aromatic heterocycles. The second-order valence-electron chi connectivity index (χ2n) is 10.2. The van der Waals surface area contributed by atoms with E-state index in [2.05, 4.69) is 31.2 Å². The molecule has 0 saturated carbocycles. The largest absolute Gasteiger partial charge is 0.444 e. The summed E-state index contributed by atoms with van der Waals surface area (Å²) in [6, 6.07) is 3.81. The van der Waals surface area contributed by atoms with Gasteiger partial charge in [-0.1, -0.05) is 6.07 Å². The molecule has 4 heterocycles. The van der Waals surface area contributed by atoms with Crippen molar-refractivity contribution < 1.29 is 14.5 Å². The van der Waals surface area contributed by atoms with Gasteiger partial charge in [-0.15, -0.1) is 0 Å². The van der Waals surface area contributed by atoms with Gasteiger partial charge in [-0.3, -0.25) is 15.1 Å². The number of alkyl carbamates (subject to hydrolysis) is 1. The summed E-state index contributed by atoms with van der Waals surface area (Å²) in [6.07, 6.45) is 5.90. The highest BCUT2D eigenvalue weighted by molar-refractivity contribution is 9.10. The monoisotopic (exact) mass is 558 g/mol. The van der Waals surface area contributed by atoms with Gasteiger partial charge >= 0.3 is 11.8 Å². The van der Waals surface area contributed by atoms with Gasteiger partial charge < -0.3 is 19.5 Å². The Balaban J connectivity index is 1.64. The Morgan fingerprint density at radius 2 is 1.94 bits per heavy atom. The third-order valence-electron chi connectivity index (χ3n) is 6.26. The maximum atomic E-state index is 12.2. The highest BCUT2D eigenvalue weighted by Crippen LogP contribution is 2.42. The van der Waals surface area contributed by atoms with Gasteiger partial charge in [0.1, 0.15) is 23.1 Å². The molecule has 0 bridgehead atoms. The summed E-state index contributed by atoms with van der Waals surface area (Å²) in [7, 11) is 0. The minimum atomic E-state index is -0.571. The SMILES string of the molecule is Cc1ccc([C@H](C)n2cc(Br)c3c(N4CCC(NC(=O)OC(C)(C)C)CC4)c([N+](=O)[O-])cnc32)nc1. The van der Waals surface area contributed by atoms with Crippen LogP contribution in [0.4, 0.5) is 16.2 Å². The molecule has 1 aliphatic heterocycles. The Morgan fingerprint density at radius 1 is 1.25 bits per heavy atom. The van der Waals surface area contributed by atoms with Crippen molar-refractivity contribution in [3.05, 3.63) is 56.6 Å². The zero-order chi connectivity index (χ0) is 26.2. The summed E-state index contributed by atoms with van der Waals surface area (Å²) >= 11 is 3.64. The van der Waals surface area contributed by atoms with E-state index in [1.165, 1.54) is 6.20 Å². The van der Waals surface area contributed by atoms with Crippen molar-refractivity contribution in [2.75, 3.05) is 18.0 Å². The van der Waals surface area contributed by atoms with Gasteiger partial charge in [0.2, 0.25) is 0 Å². The number of piperidine rings is 1. The number of hydrogen-bond donors (Lipinski definition) is 1. The Labute approximate surface area is 218 Å². The molecule has 11 heteroatoms. The van der Waals surface area contributed by atoms with Crippen LogP contribution in [-0.4, -0.2) is 50.3 Å². The van der Waals surface area contributed by atoms with Crippen LogP contribution in [0.2, 0.25) is 0 Å². The van der Waals surface area contributed by atoms with Gasteiger partial charge in [0.25, 0.3) is 0 Å². The number of aryl methyl sites for hydroxylation is 1. The van der Waals surface area contributed by atoms with E-state index in [-0.39, 0.29) is 22.7 Å². The highest BCUT2D eigenvalue weighted by Gasteiger charge is 2.31. The summed E-state index contributed by atoms with van der Waals surface area (Å²) in [5, 5.41) is 15.6. The average Bonchev–Trinajstić information content (AvgIpc) is 3.14. The van der Waals surface area contributed by atoms with Crippen LogP contribution in [0.3, 0.4) is 0 Å². The summed E-state index contributed by atoms with van der Waals surface area (Å²) in [4.78, 5) is 34.8. The second-order valence-corrected chi connectivity index (χ2v) is 11.0. The lowest BCUT2D eigenvalue weighted by Crippen LogP contribution is -2.46. The number of fused-ring (bicyclic) bond motifs is 1. The first-order valence-electron chi connectivity index (χ1n) is 11.9. The topological polar surface area (TPSA) is 115 Å². The number of nitrogens with zero attached hydrogens (tertiary/aromatic N) is 5. The van der Waals surface area contributed by atoms with Crippen molar-refractivity contribution in [1.29, 1.82) is 0 Å². The molecule has 0 unspecified atom stereocenters. The minimum Gasteiger partial charge on any atom is -0.444 e. The van der Waals surface area contributed by atoms with Gasteiger partial charge in [0.15, 0.2) is 0 Å². The molecule has 0 spiro atoms. The molecule has 0 aliphatic carbocycles. The quantitative estimate of drug-likeness (QED) is 0.324. The lowest BCUT2D eigenvalue weighted by atomic mass is 10.0. The van der Waals surface area contributed by atoms with Gasteiger partial charge in [-0.05, 0) is 75.0 Å². The van der Waals surface area contributed by atoms with Crippen LogP contribution in [0.25, 0.3) is 11.0 Å². The van der Waals surface area contributed by atoms with Crippen molar-refractivity contribution in [1.82, 2.24) is 19.9 Å². The molecule has 1 aliphatic rings. The number of halogens is 1. The Morgan fingerprint density at radius 3 is 2.53 bits per heavy atom. The van der Waals surface area contributed by atoms with Crippen molar-refractivity contribution in [3.63, 3.8) is 0 Å². The van der Waals surface area contributed by atoms with E-state index in [9.17, 15) is 14.9 Å². The molecule has 0 aromatic carbocycles. The van der Waals surface area contributed by atoms with Crippen LogP contribution < -0.4 is 10.2 Å². The highest BCUT2D eigenvalue weighted by atomic mass is 79.9.